The zero-order valence-electron chi connectivity index (χ0n) is 15.3. The number of hydrogen-bond acceptors (Lipinski definition) is 3. The largest absolute Gasteiger partial charge is 0.379 e. The van der Waals surface area contributed by atoms with E-state index in [1.807, 2.05) is 0 Å². The maximum absolute atomic E-state index is 13.3. The van der Waals surface area contributed by atoms with Crippen LogP contribution in [0.4, 0.5) is 4.39 Å². The Balaban J connectivity index is 1.70. The van der Waals surface area contributed by atoms with Gasteiger partial charge in [0.2, 0.25) is 5.91 Å². The molecule has 2 aliphatic rings. The third-order valence-electron chi connectivity index (χ3n) is 5.84. The molecule has 1 saturated carbocycles. The lowest BCUT2D eigenvalue weighted by atomic mass is 9.78. The van der Waals surface area contributed by atoms with E-state index in [-0.39, 0.29) is 17.3 Å². The summed E-state index contributed by atoms with van der Waals surface area (Å²) in [6.07, 6.45) is 3.75. The van der Waals surface area contributed by atoms with Gasteiger partial charge in [-0.3, -0.25) is 9.69 Å². The van der Waals surface area contributed by atoms with Crippen LogP contribution in [0.1, 0.15) is 45.1 Å². The zero-order chi connectivity index (χ0) is 17.9. The van der Waals surface area contributed by atoms with Gasteiger partial charge in [-0.05, 0) is 44.4 Å². The molecule has 1 aliphatic heterocycles. The average molecular weight is 348 g/mol. The molecule has 1 aromatic carbocycles. The van der Waals surface area contributed by atoms with Gasteiger partial charge in [0, 0.05) is 25.2 Å². The number of hydrogen-bond donors (Lipinski definition) is 1. The number of halogens is 1. The molecule has 3 rings (SSSR count). The van der Waals surface area contributed by atoms with Crippen molar-refractivity contribution < 1.29 is 13.9 Å². The second-order valence-electron chi connectivity index (χ2n) is 7.89. The van der Waals surface area contributed by atoms with Crippen molar-refractivity contribution in [2.75, 3.05) is 32.8 Å². The lowest BCUT2D eigenvalue weighted by molar-refractivity contribution is -0.127. The Morgan fingerprint density at radius 1 is 1.20 bits per heavy atom. The van der Waals surface area contributed by atoms with Crippen molar-refractivity contribution in [1.82, 2.24) is 10.2 Å². The van der Waals surface area contributed by atoms with Crippen LogP contribution in [-0.2, 0) is 14.9 Å². The number of nitrogens with one attached hydrogen (secondary N) is 1. The number of benzene rings is 1. The van der Waals surface area contributed by atoms with Gasteiger partial charge in [0.1, 0.15) is 5.82 Å². The molecular weight excluding hydrogens is 319 g/mol. The van der Waals surface area contributed by atoms with Crippen molar-refractivity contribution in [3.8, 4) is 0 Å². The van der Waals surface area contributed by atoms with Crippen LogP contribution >= 0.6 is 0 Å². The van der Waals surface area contributed by atoms with Gasteiger partial charge in [-0.15, -0.1) is 0 Å². The summed E-state index contributed by atoms with van der Waals surface area (Å²) in [7, 11) is 0. The van der Waals surface area contributed by atoms with Gasteiger partial charge in [-0.25, -0.2) is 4.39 Å². The van der Waals surface area contributed by atoms with Crippen molar-refractivity contribution in [2.24, 2.45) is 0 Å². The quantitative estimate of drug-likeness (QED) is 0.890. The highest BCUT2D eigenvalue weighted by atomic mass is 19.1. The third kappa shape index (κ3) is 3.87. The summed E-state index contributed by atoms with van der Waals surface area (Å²) in [4.78, 5) is 15.5. The highest BCUT2D eigenvalue weighted by molar-refractivity contribution is 5.88. The van der Waals surface area contributed by atoms with E-state index < -0.39 is 5.41 Å². The van der Waals surface area contributed by atoms with Crippen LogP contribution < -0.4 is 5.32 Å². The van der Waals surface area contributed by atoms with Crippen LogP contribution in [-0.4, -0.2) is 49.2 Å². The normalized spacial score (nSPS) is 21.2. The second kappa shape index (κ2) is 7.42. The van der Waals surface area contributed by atoms with Gasteiger partial charge in [0.15, 0.2) is 0 Å². The number of amides is 1. The number of carbonyl (C=O) groups excluding carboxylic acids is 1. The van der Waals surface area contributed by atoms with Crippen LogP contribution in [0, 0.1) is 5.82 Å². The summed E-state index contributed by atoms with van der Waals surface area (Å²) in [5, 5.41) is 3.20. The summed E-state index contributed by atoms with van der Waals surface area (Å²) in [6.45, 7) is 8.22. The van der Waals surface area contributed by atoms with Gasteiger partial charge in [0.25, 0.3) is 0 Å². The topological polar surface area (TPSA) is 41.6 Å². The Hall–Kier alpha value is -1.46. The fourth-order valence-electron chi connectivity index (χ4n) is 4.14. The van der Waals surface area contributed by atoms with Gasteiger partial charge >= 0.3 is 0 Å². The summed E-state index contributed by atoms with van der Waals surface area (Å²) >= 11 is 0. The van der Waals surface area contributed by atoms with Crippen molar-refractivity contribution in [3.05, 3.63) is 35.6 Å². The third-order valence-corrected chi connectivity index (χ3v) is 5.84. The monoisotopic (exact) mass is 348 g/mol. The van der Waals surface area contributed by atoms with Crippen LogP contribution in [0.2, 0.25) is 0 Å². The first-order valence-electron chi connectivity index (χ1n) is 9.31. The summed E-state index contributed by atoms with van der Waals surface area (Å²) in [5.74, 6) is -0.177. The minimum absolute atomic E-state index is 0.0814. The van der Waals surface area contributed by atoms with Crippen molar-refractivity contribution in [2.45, 2.75) is 50.5 Å². The molecule has 0 aromatic heterocycles. The van der Waals surface area contributed by atoms with Gasteiger partial charge < -0.3 is 10.1 Å². The van der Waals surface area contributed by atoms with Crippen molar-refractivity contribution >= 4 is 5.91 Å². The minimum Gasteiger partial charge on any atom is -0.379 e. The first-order chi connectivity index (χ1) is 11.9. The molecule has 0 radical (unpaired) electrons. The van der Waals surface area contributed by atoms with Gasteiger partial charge in [0.05, 0.1) is 18.6 Å². The van der Waals surface area contributed by atoms with Gasteiger partial charge in [-0.2, -0.15) is 0 Å². The summed E-state index contributed by atoms with van der Waals surface area (Å²) in [5.41, 5.74) is 0.324. The van der Waals surface area contributed by atoms with E-state index in [9.17, 15) is 9.18 Å². The van der Waals surface area contributed by atoms with E-state index in [0.717, 1.165) is 57.6 Å². The van der Waals surface area contributed by atoms with Crippen molar-refractivity contribution in [3.63, 3.8) is 0 Å². The fraction of sp³-hybridized carbons (Fsp3) is 0.650. The highest BCUT2D eigenvalue weighted by Crippen LogP contribution is 2.41. The highest BCUT2D eigenvalue weighted by Gasteiger charge is 2.43. The van der Waals surface area contributed by atoms with E-state index >= 15 is 0 Å². The number of rotatable bonds is 5. The molecule has 0 bridgehead atoms. The number of ether oxygens (including phenoxy) is 1. The maximum Gasteiger partial charge on any atom is 0.230 e. The van der Waals surface area contributed by atoms with E-state index in [2.05, 4.69) is 24.1 Å². The Bertz CT molecular complexity index is 588. The first-order valence-corrected chi connectivity index (χ1v) is 9.31. The van der Waals surface area contributed by atoms with Crippen LogP contribution in [0.25, 0.3) is 0 Å². The standard InChI is InChI=1S/C20H29FN2O2/c1-19(2,23-11-13-25-14-12-23)15-22-18(24)20(9-3-4-10-20)16-5-7-17(21)8-6-16/h5-8H,3-4,9-15H2,1-2H3,(H,22,24). The molecule has 1 N–H and O–H groups in total. The smallest absolute Gasteiger partial charge is 0.230 e. The van der Waals surface area contributed by atoms with Crippen LogP contribution in [0.5, 0.6) is 0 Å². The molecule has 138 valence electrons. The molecule has 4 nitrogen and oxygen atoms in total. The van der Waals surface area contributed by atoms with Gasteiger partial charge in [-0.1, -0.05) is 25.0 Å². The second-order valence-corrected chi connectivity index (χ2v) is 7.89. The molecule has 0 atom stereocenters. The number of nitrogens with zero attached hydrogens (tertiary/aromatic N) is 1. The predicted molar refractivity (Wildman–Crippen MR) is 96.0 cm³/mol. The van der Waals surface area contributed by atoms with Crippen LogP contribution in [0.15, 0.2) is 24.3 Å². The molecule has 1 aromatic rings. The lowest BCUT2D eigenvalue weighted by Crippen LogP contribution is -2.57. The minimum atomic E-state index is -0.505. The lowest BCUT2D eigenvalue weighted by Gasteiger charge is -2.41. The SMILES string of the molecule is CC(C)(CNC(=O)C1(c2ccc(F)cc2)CCCC1)N1CCOCC1. The molecule has 0 spiro atoms. The Labute approximate surface area is 149 Å². The van der Waals surface area contributed by atoms with Crippen LogP contribution in [0.3, 0.4) is 0 Å². The van der Waals surface area contributed by atoms with E-state index in [1.54, 1.807) is 12.1 Å². The molecule has 2 fully saturated rings. The molecular formula is C20H29FN2O2. The molecule has 5 heteroatoms. The molecule has 25 heavy (non-hydrogen) atoms. The van der Waals surface area contributed by atoms with E-state index in [4.69, 9.17) is 4.74 Å². The number of morpholine rings is 1. The fourth-order valence-corrected chi connectivity index (χ4v) is 4.14. The Kier molecular flexibility index (Phi) is 5.44. The zero-order valence-corrected chi connectivity index (χ0v) is 15.3. The molecule has 0 unspecified atom stereocenters. The van der Waals surface area contributed by atoms with E-state index in [1.165, 1.54) is 12.1 Å². The molecule has 1 amide bonds. The molecule has 1 aliphatic carbocycles. The summed E-state index contributed by atoms with van der Waals surface area (Å²) in [6, 6.07) is 6.46. The first kappa shape index (κ1) is 18.3. The summed E-state index contributed by atoms with van der Waals surface area (Å²) < 4.78 is 18.7. The van der Waals surface area contributed by atoms with E-state index in [0.29, 0.717) is 6.54 Å². The molecule has 1 heterocycles. The maximum atomic E-state index is 13.3. The Morgan fingerprint density at radius 3 is 2.40 bits per heavy atom. The molecule has 1 saturated heterocycles. The predicted octanol–water partition coefficient (Wildman–Crippen LogP) is 2.86. The number of carbonyl (C=O) groups is 1. The Morgan fingerprint density at radius 2 is 1.80 bits per heavy atom. The van der Waals surface area contributed by atoms with Crippen molar-refractivity contribution in [1.29, 1.82) is 0 Å². The average Bonchev–Trinajstić information content (AvgIpc) is 3.12.